The molecule has 5 heteroatoms. The van der Waals surface area contributed by atoms with E-state index in [4.69, 9.17) is 9.47 Å². The third-order valence-electron chi connectivity index (χ3n) is 15.8. The number of hydrogen-bond donors (Lipinski definition) is 1. The highest BCUT2D eigenvalue weighted by Crippen LogP contribution is 2.18. The van der Waals surface area contributed by atoms with Crippen LogP contribution in [0.2, 0.25) is 0 Å². The van der Waals surface area contributed by atoms with E-state index in [0.29, 0.717) is 12.8 Å². The maximum atomic E-state index is 12.3. The number of rotatable bonds is 66. The minimum Gasteiger partial charge on any atom is -0.462 e. The van der Waals surface area contributed by atoms with Gasteiger partial charge in [-0.25, -0.2) is 0 Å². The molecule has 0 saturated carbocycles. The van der Waals surface area contributed by atoms with Crippen molar-refractivity contribution in [3.63, 3.8) is 0 Å². The zero-order chi connectivity index (χ0) is 60.5. The average Bonchev–Trinajstić information content (AvgIpc) is 3.51. The molecule has 0 saturated heterocycles. The van der Waals surface area contributed by atoms with Crippen molar-refractivity contribution in [1.82, 2.24) is 0 Å². The SMILES string of the molecule is CC/C=C\C/C=C\C/C=C\C/C=C\C/C=C\C/C=C\C/C=C\C/C=C\C/C=C\C/C=C\CCCCC(=O)OC(CO)COC(=O)CCCCCCCCCCCCCCCCCCCCCCCCCCCCCCCCCCCCCCC. The summed E-state index contributed by atoms with van der Waals surface area (Å²) >= 11 is 0. The lowest BCUT2D eigenvalue weighted by molar-refractivity contribution is -0.161. The summed E-state index contributed by atoms with van der Waals surface area (Å²) in [5.41, 5.74) is 0. The molecule has 0 aromatic rings. The number of aliphatic hydroxyl groups excluding tert-OH is 1. The molecule has 1 unspecified atom stereocenters. The Labute approximate surface area is 522 Å². The molecule has 0 amide bonds. The van der Waals surface area contributed by atoms with Gasteiger partial charge in [0.25, 0.3) is 0 Å². The van der Waals surface area contributed by atoms with Gasteiger partial charge >= 0.3 is 11.9 Å². The van der Waals surface area contributed by atoms with E-state index in [9.17, 15) is 14.7 Å². The van der Waals surface area contributed by atoms with Gasteiger partial charge in [-0.05, 0) is 89.9 Å². The maximum Gasteiger partial charge on any atom is 0.306 e. The molecule has 0 aromatic carbocycles. The number of ether oxygens (including phenoxy) is 2. The summed E-state index contributed by atoms with van der Waals surface area (Å²) in [6, 6.07) is 0. The smallest absolute Gasteiger partial charge is 0.306 e. The van der Waals surface area contributed by atoms with Crippen molar-refractivity contribution < 1.29 is 24.2 Å². The van der Waals surface area contributed by atoms with E-state index in [-0.39, 0.29) is 25.2 Å². The number of unbranched alkanes of at least 4 members (excludes halogenated alkanes) is 38. The number of aliphatic hydroxyl groups is 1. The molecule has 84 heavy (non-hydrogen) atoms. The summed E-state index contributed by atoms with van der Waals surface area (Å²) in [4.78, 5) is 24.6. The fourth-order valence-corrected chi connectivity index (χ4v) is 10.4. The molecule has 5 nitrogen and oxygen atoms in total. The third kappa shape index (κ3) is 70.8. The van der Waals surface area contributed by atoms with Crippen LogP contribution in [0.4, 0.5) is 0 Å². The fourth-order valence-electron chi connectivity index (χ4n) is 10.4. The highest BCUT2D eigenvalue weighted by Gasteiger charge is 2.16. The van der Waals surface area contributed by atoms with E-state index in [1.54, 1.807) is 0 Å². The number of esters is 2. The van der Waals surface area contributed by atoms with Crippen molar-refractivity contribution in [2.24, 2.45) is 0 Å². The Balaban J connectivity index is 3.52. The quantitative estimate of drug-likeness (QED) is 0.0373. The molecule has 0 aliphatic heterocycles. The van der Waals surface area contributed by atoms with E-state index in [0.717, 1.165) is 103 Å². The Morgan fingerprint density at radius 2 is 0.512 bits per heavy atom. The lowest BCUT2D eigenvalue weighted by Crippen LogP contribution is -2.28. The predicted molar refractivity (Wildman–Crippen MR) is 371 cm³/mol. The largest absolute Gasteiger partial charge is 0.462 e. The summed E-state index contributed by atoms with van der Waals surface area (Å²) in [7, 11) is 0. The van der Waals surface area contributed by atoms with Gasteiger partial charge in [0.1, 0.15) is 6.61 Å². The van der Waals surface area contributed by atoms with Crippen LogP contribution in [0.1, 0.15) is 348 Å². The van der Waals surface area contributed by atoms with Crippen LogP contribution in [0.3, 0.4) is 0 Å². The first-order valence-corrected chi connectivity index (χ1v) is 36.1. The van der Waals surface area contributed by atoms with Crippen molar-refractivity contribution in [3.05, 3.63) is 122 Å². The summed E-state index contributed by atoms with van der Waals surface area (Å²) in [6.45, 7) is 4.03. The molecule has 0 aliphatic rings. The Bertz CT molecular complexity index is 1650. The molecule has 0 bridgehead atoms. The van der Waals surface area contributed by atoms with E-state index in [2.05, 4.69) is 135 Å². The van der Waals surface area contributed by atoms with Crippen LogP contribution in [-0.2, 0) is 19.1 Å². The highest BCUT2D eigenvalue weighted by molar-refractivity contribution is 5.70. The molecule has 0 spiro atoms. The van der Waals surface area contributed by atoms with Crippen molar-refractivity contribution >= 4 is 11.9 Å². The number of allylic oxidation sites excluding steroid dienone is 20. The van der Waals surface area contributed by atoms with Gasteiger partial charge in [0, 0.05) is 12.8 Å². The molecular formula is C79H136O5. The lowest BCUT2D eigenvalue weighted by atomic mass is 10.0. The van der Waals surface area contributed by atoms with Gasteiger partial charge in [-0.3, -0.25) is 9.59 Å². The summed E-state index contributed by atoms with van der Waals surface area (Å²) in [5.74, 6) is -0.636. The molecule has 0 radical (unpaired) electrons. The van der Waals surface area contributed by atoms with E-state index in [1.807, 2.05) is 0 Å². The van der Waals surface area contributed by atoms with Gasteiger partial charge < -0.3 is 14.6 Å². The predicted octanol–water partition coefficient (Wildman–Crippen LogP) is 25.3. The topological polar surface area (TPSA) is 72.8 Å². The van der Waals surface area contributed by atoms with Crippen LogP contribution in [-0.4, -0.2) is 36.4 Å². The summed E-state index contributed by atoms with van der Waals surface area (Å²) in [6.07, 6.45) is 108. The van der Waals surface area contributed by atoms with E-state index in [1.165, 1.54) is 218 Å². The van der Waals surface area contributed by atoms with E-state index < -0.39 is 6.10 Å². The first-order valence-electron chi connectivity index (χ1n) is 36.1. The second-order valence-electron chi connectivity index (χ2n) is 23.9. The number of carbonyl (C=O) groups is 2. The van der Waals surface area contributed by atoms with Crippen LogP contribution in [0.5, 0.6) is 0 Å². The summed E-state index contributed by atoms with van der Waals surface area (Å²) in [5, 5.41) is 9.69. The molecule has 0 rings (SSSR count). The molecule has 0 heterocycles. The zero-order valence-corrected chi connectivity index (χ0v) is 55.4. The Kier molecular flexibility index (Phi) is 70.3. The first-order chi connectivity index (χ1) is 41.6. The van der Waals surface area contributed by atoms with Crippen molar-refractivity contribution in [1.29, 1.82) is 0 Å². The van der Waals surface area contributed by atoms with Crippen LogP contribution < -0.4 is 0 Å². The molecule has 0 aliphatic carbocycles. The van der Waals surface area contributed by atoms with Crippen LogP contribution >= 0.6 is 0 Å². The average molecular weight is 1170 g/mol. The van der Waals surface area contributed by atoms with Crippen molar-refractivity contribution in [3.8, 4) is 0 Å². The maximum absolute atomic E-state index is 12.3. The molecule has 0 fully saturated rings. The lowest BCUT2D eigenvalue weighted by Gasteiger charge is -2.15. The minimum atomic E-state index is -0.804. The standard InChI is InChI=1S/C79H136O5/c1-3-5-7-9-11-13-15-17-19-21-23-25-27-29-31-33-35-37-38-39-40-42-43-45-47-49-51-53-55-57-59-61-63-65-67-69-71-73-78(81)83-76-77(75-80)84-79(82)74-72-70-68-66-64-62-60-58-56-54-52-50-48-46-44-41-36-34-32-30-28-26-24-22-20-18-16-14-12-10-8-6-4-2/h6,8,12,14,18,20,24,26,30,32,36,41,46,48,52,54,58,60,64,66,77,80H,3-5,7,9-11,13,15-17,19,21-23,25,27-29,31,33-35,37-40,42-45,47,49-51,53,55-57,59,61-63,65,67-76H2,1-2H3/b8-6-,14-12-,20-18-,26-24-,32-30-,41-36-,48-46-,54-52-,60-58-,66-64-. The Morgan fingerprint density at radius 1 is 0.286 bits per heavy atom. The van der Waals surface area contributed by atoms with Gasteiger partial charge in [0.05, 0.1) is 6.61 Å². The number of hydrogen-bond acceptors (Lipinski definition) is 5. The minimum absolute atomic E-state index is 0.0877. The van der Waals surface area contributed by atoms with Gasteiger partial charge in [-0.1, -0.05) is 367 Å². The fraction of sp³-hybridized carbons (Fsp3) is 0.722. The molecule has 1 atom stereocenters. The van der Waals surface area contributed by atoms with Crippen LogP contribution in [0, 0.1) is 0 Å². The van der Waals surface area contributed by atoms with E-state index >= 15 is 0 Å². The zero-order valence-electron chi connectivity index (χ0n) is 55.4. The second-order valence-corrected chi connectivity index (χ2v) is 23.9. The molecular weight excluding hydrogens is 1030 g/mol. The third-order valence-corrected chi connectivity index (χ3v) is 15.8. The summed E-state index contributed by atoms with van der Waals surface area (Å²) < 4.78 is 10.7. The highest BCUT2D eigenvalue weighted by atomic mass is 16.6. The number of carbonyl (C=O) groups excluding carboxylic acids is 2. The molecule has 0 aromatic heterocycles. The van der Waals surface area contributed by atoms with Crippen LogP contribution in [0.25, 0.3) is 0 Å². The monoisotopic (exact) mass is 1170 g/mol. The van der Waals surface area contributed by atoms with Crippen LogP contribution in [0.15, 0.2) is 122 Å². The van der Waals surface area contributed by atoms with Gasteiger partial charge in [0.15, 0.2) is 6.10 Å². The Hall–Kier alpha value is -3.70. The van der Waals surface area contributed by atoms with Crippen molar-refractivity contribution in [2.45, 2.75) is 354 Å². The van der Waals surface area contributed by atoms with Gasteiger partial charge in [-0.2, -0.15) is 0 Å². The van der Waals surface area contributed by atoms with Crippen molar-refractivity contribution in [2.75, 3.05) is 13.2 Å². The second kappa shape index (κ2) is 73.6. The molecule has 482 valence electrons. The first kappa shape index (κ1) is 80.3. The van der Waals surface area contributed by atoms with Gasteiger partial charge in [0.2, 0.25) is 0 Å². The normalized spacial score (nSPS) is 12.9. The Morgan fingerprint density at radius 3 is 0.774 bits per heavy atom. The molecule has 1 N–H and O–H groups in total. The van der Waals surface area contributed by atoms with Gasteiger partial charge in [-0.15, -0.1) is 0 Å².